The highest BCUT2D eigenvalue weighted by Crippen LogP contribution is 1.76. The summed E-state index contributed by atoms with van der Waals surface area (Å²) in [5.74, 6) is -3.65. The van der Waals surface area contributed by atoms with Crippen molar-refractivity contribution in [3.63, 3.8) is 0 Å². The molecule has 8 nitrogen and oxygen atoms in total. The summed E-state index contributed by atoms with van der Waals surface area (Å²) in [5.41, 5.74) is 0. The van der Waals surface area contributed by atoms with Crippen LogP contribution in [0.4, 0.5) is 0 Å². The number of hydrogen-bond acceptors (Lipinski definition) is 6. The third-order valence-electron chi connectivity index (χ3n) is 2.55. The van der Waals surface area contributed by atoms with Gasteiger partial charge in [-0.15, -0.1) is 0 Å². The number of carboxylic acid groups (broad SMARTS) is 2. The van der Waals surface area contributed by atoms with Crippen molar-refractivity contribution in [1.82, 2.24) is 21.3 Å². The molecule has 1 rings (SSSR count). The van der Waals surface area contributed by atoms with E-state index in [1.165, 1.54) is 12.8 Å². The van der Waals surface area contributed by atoms with Gasteiger partial charge in [0.2, 0.25) is 0 Å². The molecular weight excluding hydrogens is 264 g/mol. The first kappa shape index (κ1) is 18.8. The first-order valence-corrected chi connectivity index (χ1v) is 6.93. The first-order valence-electron chi connectivity index (χ1n) is 6.93. The topological polar surface area (TPSA) is 123 Å². The number of carbonyl (C=O) groups is 2. The Morgan fingerprint density at radius 1 is 0.550 bits per heavy atom. The van der Waals surface area contributed by atoms with Crippen molar-refractivity contribution >= 4 is 11.9 Å². The van der Waals surface area contributed by atoms with Crippen molar-refractivity contribution in [2.75, 3.05) is 52.4 Å². The molecule has 1 fully saturated rings. The lowest BCUT2D eigenvalue weighted by Gasteiger charge is -2.10. The predicted octanol–water partition coefficient (Wildman–Crippen LogP) is -1.71. The van der Waals surface area contributed by atoms with Crippen molar-refractivity contribution in [1.29, 1.82) is 0 Å². The van der Waals surface area contributed by atoms with Crippen LogP contribution in [0, 0.1) is 0 Å². The van der Waals surface area contributed by atoms with E-state index < -0.39 is 11.9 Å². The van der Waals surface area contributed by atoms with Crippen molar-refractivity contribution in [3.05, 3.63) is 0 Å². The fraction of sp³-hybridized carbons (Fsp3) is 0.833. The molecule has 0 saturated carbocycles. The molecular formula is C12H26N4O4. The molecule has 0 aromatic carbocycles. The summed E-state index contributed by atoms with van der Waals surface area (Å²) >= 11 is 0. The molecule has 0 unspecified atom stereocenters. The smallest absolute Gasteiger partial charge is 0.414 e. The number of carboxylic acids is 2. The van der Waals surface area contributed by atoms with Crippen molar-refractivity contribution in [2.24, 2.45) is 0 Å². The summed E-state index contributed by atoms with van der Waals surface area (Å²) in [5, 5.41) is 28.5. The van der Waals surface area contributed by atoms with Gasteiger partial charge in [0.15, 0.2) is 0 Å². The fourth-order valence-corrected chi connectivity index (χ4v) is 1.53. The van der Waals surface area contributed by atoms with Crippen molar-refractivity contribution < 1.29 is 19.8 Å². The summed E-state index contributed by atoms with van der Waals surface area (Å²) in [6, 6.07) is 0. The number of rotatable bonds is 0. The summed E-state index contributed by atoms with van der Waals surface area (Å²) in [7, 11) is 0. The van der Waals surface area contributed by atoms with Crippen LogP contribution in [-0.4, -0.2) is 74.5 Å². The predicted molar refractivity (Wildman–Crippen MR) is 76.0 cm³/mol. The average molecular weight is 290 g/mol. The van der Waals surface area contributed by atoms with Gasteiger partial charge in [0.1, 0.15) is 0 Å². The Morgan fingerprint density at radius 3 is 1.00 bits per heavy atom. The lowest BCUT2D eigenvalue weighted by molar-refractivity contribution is -0.159. The van der Waals surface area contributed by atoms with E-state index in [1.54, 1.807) is 0 Å². The Labute approximate surface area is 119 Å². The van der Waals surface area contributed by atoms with E-state index in [0.717, 1.165) is 52.4 Å². The van der Waals surface area contributed by atoms with Crippen molar-refractivity contribution in [3.8, 4) is 0 Å². The van der Waals surface area contributed by atoms with Crippen LogP contribution >= 0.6 is 0 Å². The standard InChI is InChI=1S/C10H24N4.C2H2O4/c1-3-11-7-9-13-5-2-6-14-10-8-12-4-1;3-1(4)2(5)6/h11-14H,1-10H2;(H,3,4)(H,5,6). The minimum atomic E-state index is -1.82. The monoisotopic (exact) mass is 290 g/mol. The van der Waals surface area contributed by atoms with Crippen LogP contribution in [0.25, 0.3) is 0 Å². The van der Waals surface area contributed by atoms with E-state index in [2.05, 4.69) is 21.3 Å². The van der Waals surface area contributed by atoms with Gasteiger partial charge in [-0.3, -0.25) is 0 Å². The van der Waals surface area contributed by atoms with E-state index in [0.29, 0.717) is 0 Å². The quantitative estimate of drug-likeness (QED) is 0.292. The Balaban J connectivity index is 0.000000511. The molecule has 1 aliphatic rings. The van der Waals surface area contributed by atoms with Crippen LogP contribution < -0.4 is 21.3 Å². The second-order valence-electron chi connectivity index (χ2n) is 4.32. The van der Waals surface area contributed by atoms with Gasteiger partial charge in [-0.1, -0.05) is 0 Å². The average Bonchev–Trinajstić information content (AvgIpc) is 2.42. The van der Waals surface area contributed by atoms with E-state index in [4.69, 9.17) is 19.8 Å². The molecule has 0 atom stereocenters. The molecule has 0 bridgehead atoms. The molecule has 0 aromatic heterocycles. The van der Waals surface area contributed by atoms with Crippen molar-refractivity contribution in [2.45, 2.75) is 12.8 Å². The zero-order valence-electron chi connectivity index (χ0n) is 11.8. The SMILES string of the molecule is C1CNCCNCCCNCCNC1.O=C(O)C(=O)O. The van der Waals surface area contributed by atoms with E-state index >= 15 is 0 Å². The number of hydrogen-bond donors (Lipinski definition) is 6. The molecule has 0 amide bonds. The molecule has 0 aromatic rings. The van der Waals surface area contributed by atoms with Gasteiger partial charge < -0.3 is 31.5 Å². The summed E-state index contributed by atoms with van der Waals surface area (Å²) < 4.78 is 0. The Morgan fingerprint density at radius 2 is 0.800 bits per heavy atom. The maximum atomic E-state index is 9.10. The molecule has 1 aliphatic heterocycles. The largest absolute Gasteiger partial charge is 0.473 e. The van der Waals surface area contributed by atoms with Gasteiger partial charge in [0.05, 0.1) is 0 Å². The third kappa shape index (κ3) is 14.8. The summed E-state index contributed by atoms with van der Waals surface area (Å²) in [4.78, 5) is 18.2. The maximum Gasteiger partial charge on any atom is 0.414 e. The van der Waals surface area contributed by atoms with E-state index in [-0.39, 0.29) is 0 Å². The number of nitrogens with one attached hydrogen (secondary N) is 4. The minimum absolute atomic E-state index is 1.09. The zero-order chi connectivity index (χ0) is 15.1. The molecule has 0 radical (unpaired) electrons. The number of aliphatic carboxylic acids is 2. The van der Waals surface area contributed by atoms with Crippen LogP contribution in [0.2, 0.25) is 0 Å². The molecule has 20 heavy (non-hydrogen) atoms. The Hall–Kier alpha value is -1.22. The molecule has 6 N–H and O–H groups in total. The molecule has 1 heterocycles. The van der Waals surface area contributed by atoms with Crippen LogP contribution in [0.1, 0.15) is 12.8 Å². The third-order valence-corrected chi connectivity index (χ3v) is 2.55. The van der Waals surface area contributed by atoms with E-state index in [9.17, 15) is 0 Å². The minimum Gasteiger partial charge on any atom is -0.473 e. The maximum absolute atomic E-state index is 9.10. The van der Waals surface area contributed by atoms with Crippen LogP contribution in [-0.2, 0) is 9.59 Å². The molecule has 8 heteroatoms. The Bertz CT molecular complexity index is 199. The van der Waals surface area contributed by atoms with Crippen LogP contribution in [0.15, 0.2) is 0 Å². The highest BCUT2D eigenvalue weighted by molar-refractivity contribution is 6.27. The zero-order valence-corrected chi connectivity index (χ0v) is 11.8. The van der Waals surface area contributed by atoms with Crippen LogP contribution in [0.3, 0.4) is 0 Å². The Kier molecular flexibility index (Phi) is 13.3. The lowest BCUT2D eigenvalue weighted by Crippen LogP contribution is -2.34. The fourth-order valence-electron chi connectivity index (χ4n) is 1.53. The lowest BCUT2D eigenvalue weighted by atomic mass is 10.3. The second kappa shape index (κ2) is 14.2. The van der Waals surface area contributed by atoms with Gasteiger partial charge in [-0.25, -0.2) is 9.59 Å². The summed E-state index contributed by atoms with van der Waals surface area (Å²) in [6.45, 7) is 8.87. The first-order chi connectivity index (χ1) is 9.64. The van der Waals surface area contributed by atoms with Crippen LogP contribution in [0.5, 0.6) is 0 Å². The second-order valence-corrected chi connectivity index (χ2v) is 4.32. The van der Waals surface area contributed by atoms with Gasteiger partial charge in [-0.2, -0.15) is 0 Å². The van der Waals surface area contributed by atoms with Gasteiger partial charge in [-0.05, 0) is 39.0 Å². The highest BCUT2D eigenvalue weighted by atomic mass is 16.4. The normalized spacial score (nSPS) is 19.0. The van der Waals surface area contributed by atoms with Gasteiger partial charge in [0, 0.05) is 26.2 Å². The van der Waals surface area contributed by atoms with E-state index in [1.807, 2.05) is 0 Å². The molecule has 0 spiro atoms. The molecule has 118 valence electrons. The highest BCUT2D eigenvalue weighted by Gasteiger charge is 2.04. The molecule has 0 aliphatic carbocycles. The van der Waals surface area contributed by atoms with Gasteiger partial charge >= 0.3 is 11.9 Å². The molecule has 1 saturated heterocycles. The summed E-state index contributed by atoms with van der Waals surface area (Å²) in [6.07, 6.45) is 2.44. The van der Waals surface area contributed by atoms with Gasteiger partial charge in [0.25, 0.3) is 0 Å².